The van der Waals surface area contributed by atoms with Gasteiger partial charge in [0.1, 0.15) is 18.0 Å². The fourth-order valence-electron chi connectivity index (χ4n) is 2.09. The Labute approximate surface area is 88.9 Å². The quantitative estimate of drug-likeness (QED) is 0.729. The molecule has 2 atom stereocenters. The van der Waals surface area contributed by atoms with E-state index >= 15 is 0 Å². The molecule has 82 valence electrons. The number of nitrogen functional groups attached to an aromatic ring is 1. The number of aliphatic hydroxyl groups excluding tert-OH is 1. The average Bonchev–Trinajstić information content (AvgIpc) is 2.59. The molecule has 0 bridgehead atoms. The number of nitrogens with zero attached hydrogens (tertiary/aromatic N) is 3. The minimum Gasteiger partial charge on any atom is -0.394 e. The van der Waals surface area contributed by atoms with E-state index in [9.17, 15) is 5.11 Å². The van der Waals surface area contributed by atoms with E-state index in [0.29, 0.717) is 11.7 Å². The molecule has 0 spiro atoms. The van der Waals surface area contributed by atoms with Crippen molar-refractivity contribution in [3.05, 3.63) is 12.4 Å². The predicted octanol–water partition coefficient (Wildman–Crippen LogP) is 0.266. The number of nitrogens with two attached hydrogens (primary N) is 1. The van der Waals surface area contributed by atoms with Crippen LogP contribution in [0.25, 0.3) is 0 Å². The van der Waals surface area contributed by atoms with Crippen LogP contribution in [0, 0.1) is 5.92 Å². The minimum atomic E-state index is 0.152. The van der Waals surface area contributed by atoms with Crippen molar-refractivity contribution in [3.8, 4) is 0 Å². The van der Waals surface area contributed by atoms with Gasteiger partial charge in [-0.15, -0.1) is 0 Å². The number of rotatable bonds is 2. The van der Waals surface area contributed by atoms with Crippen LogP contribution >= 0.6 is 0 Å². The van der Waals surface area contributed by atoms with Crippen LogP contribution in [0.4, 0.5) is 11.6 Å². The second-order valence-electron chi connectivity index (χ2n) is 4.01. The molecule has 0 radical (unpaired) electrons. The SMILES string of the molecule is CC1CCN(c2cc(N)ncn2)C1CO. The third kappa shape index (κ3) is 1.87. The van der Waals surface area contributed by atoms with Gasteiger partial charge in [0.05, 0.1) is 12.6 Å². The van der Waals surface area contributed by atoms with Gasteiger partial charge in [-0.2, -0.15) is 0 Å². The van der Waals surface area contributed by atoms with Gasteiger partial charge in [-0.05, 0) is 12.3 Å². The third-order valence-electron chi connectivity index (χ3n) is 3.04. The lowest BCUT2D eigenvalue weighted by molar-refractivity contribution is 0.244. The first kappa shape index (κ1) is 10.2. The number of anilines is 2. The monoisotopic (exact) mass is 208 g/mol. The second kappa shape index (κ2) is 4.02. The first-order valence-electron chi connectivity index (χ1n) is 5.17. The van der Waals surface area contributed by atoms with E-state index in [1.807, 2.05) is 0 Å². The Hall–Kier alpha value is -1.36. The van der Waals surface area contributed by atoms with Crippen LogP contribution in [0.3, 0.4) is 0 Å². The average molecular weight is 208 g/mol. The Kier molecular flexibility index (Phi) is 2.73. The molecule has 2 heterocycles. The molecule has 1 aromatic heterocycles. The fourth-order valence-corrected chi connectivity index (χ4v) is 2.09. The van der Waals surface area contributed by atoms with E-state index in [1.54, 1.807) is 6.07 Å². The highest BCUT2D eigenvalue weighted by molar-refractivity contribution is 5.47. The maximum absolute atomic E-state index is 9.32. The molecule has 15 heavy (non-hydrogen) atoms. The lowest BCUT2D eigenvalue weighted by Gasteiger charge is -2.26. The standard InChI is InChI=1S/C10H16N4O/c1-7-2-3-14(8(7)5-15)10-4-9(11)12-6-13-10/h4,6-8,15H,2-3,5H2,1H3,(H2,11,12,13). The molecule has 5 heteroatoms. The van der Waals surface area contributed by atoms with E-state index in [0.717, 1.165) is 18.8 Å². The van der Waals surface area contributed by atoms with E-state index in [-0.39, 0.29) is 12.6 Å². The Balaban J connectivity index is 2.23. The fraction of sp³-hybridized carbons (Fsp3) is 0.600. The highest BCUT2D eigenvalue weighted by atomic mass is 16.3. The van der Waals surface area contributed by atoms with Crippen LogP contribution in [0.2, 0.25) is 0 Å². The summed E-state index contributed by atoms with van der Waals surface area (Å²) in [6.45, 7) is 3.22. The van der Waals surface area contributed by atoms with Gasteiger partial charge in [-0.3, -0.25) is 0 Å². The largest absolute Gasteiger partial charge is 0.394 e. The summed E-state index contributed by atoms with van der Waals surface area (Å²) in [7, 11) is 0. The summed E-state index contributed by atoms with van der Waals surface area (Å²) in [4.78, 5) is 10.1. The summed E-state index contributed by atoms with van der Waals surface area (Å²) >= 11 is 0. The molecule has 1 saturated heterocycles. The maximum Gasteiger partial charge on any atom is 0.134 e. The summed E-state index contributed by atoms with van der Waals surface area (Å²) in [5.41, 5.74) is 5.61. The predicted molar refractivity (Wildman–Crippen MR) is 58.4 cm³/mol. The zero-order valence-corrected chi connectivity index (χ0v) is 8.80. The zero-order valence-electron chi connectivity index (χ0n) is 8.80. The normalized spacial score (nSPS) is 25.9. The van der Waals surface area contributed by atoms with Crippen molar-refractivity contribution in [2.45, 2.75) is 19.4 Å². The number of aliphatic hydroxyl groups is 1. The van der Waals surface area contributed by atoms with Crippen molar-refractivity contribution in [2.24, 2.45) is 5.92 Å². The minimum absolute atomic E-state index is 0.152. The van der Waals surface area contributed by atoms with Crippen LogP contribution in [-0.4, -0.2) is 34.3 Å². The van der Waals surface area contributed by atoms with Gasteiger partial charge < -0.3 is 15.7 Å². The first-order chi connectivity index (χ1) is 7.22. The van der Waals surface area contributed by atoms with Gasteiger partial charge in [0.2, 0.25) is 0 Å². The molecule has 1 aromatic rings. The summed E-state index contributed by atoms with van der Waals surface area (Å²) in [5, 5.41) is 9.32. The summed E-state index contributed by atoms with van der Waals surface area (Å²) in [6, 6.07) is 1.90. The highest BCUT2D eigenvalue weighted by Gasteiger charge is 2.31. The van der Waals surface area contributed by atoms with Gasteiger partial charge in [-0.25, -0.2) is 9.97 Å². The molecular formula is C10H16N4O. The lowest BCUT2D eigenvalue weighted by Crippen LogP contribution is -2.35. The van der Waals surface area contributed by atoms with Gasteiger partial charge in [0, 0.05) is 12.6 Å². The van der Waals surface area contributed by atoms with Gasteiger partial charge in [0.25, 0.3) is 0 Å². The van der Waals surface area contributed by atoms with Crippen molar-refractivity contribution < 1.29 is 5.11 Å². The Morgan fingerprint density at radius 1 is 1.60 bits per heavy atom. The van der Waals surface area contributed by atoms with Crippen molar-refractivity contribution in [2.75, 3.05) is 23.8 Å². The van der Waals surface area contributed by atoms with Gasteiger partial charge in [0.15, 0.2) is 0 Å². The Bertz CT molecular complexity index is 344. The van der Waals surface area contributed by atoms with Crippen molar-refractivity contribution in [3.63, 3.8) is 0 Å². The zero-order chi connectivity index (χ0) is 10.8. The molecule has 0 saturated carbocycles. The van der Waals surface area contributed by atoms with Crippen LogP contribution < -0.4 is 10.6 Å². The molecule has 3 N–H and O–H groups in total. The molecule has 0 amide bonds. The van der Waals surface area contributed by atoms with Crippen molar-refractivity contribution in [1.82, 2.24) is 9.97 Å². The second-order valence-corrected chi connectivity index (χ2v) is 4.01. The molecule has 0 aliphatic carbocycles. The van der Waals surface area contributed by atoms with Crippen LogP contribution in [0.1, 0.15) is 13.3 Å². The van der Waals surface area contributed by atoms with E-state index in [1.165, 1.54) is 6.33 Å². The molecule has 0 aromatic carbocycles. The van der Waals surface area contributed by atoms with E-state index in [2.05, 4.69) is 21.8 Å². The summed E-state index contributed by atoms with van der Waals surface area (Å²) in [6.07, 6.45) is 2.54. The van der Waals surface area contributed by atoms with Crippen molar-refractivity contribution >= 4 is 11.6 Å². The molecule has 1 aliphatic heterocycles. The van der Waals surface area contributed by atoms with E-state index < -0.39 is 0 Å². The molecular weight excluding hydrogens is 192 g/mol. The molecule has 2 unspecified atom stereocenters. The van der Waals surface area contributed by atoms with E-state index in [4.69, 9.17) is 5.73 Å². The van der Waals surface area contributed by atoms with Gasteiger partial charge >= 0.3 is 0 Å². The third-order valence-corrected chi connectivity index (χ3v) is 3.04. The molecule has 1 aliphatic rings. The summed E-state index contributed by atoms with van der Waals surface area (Å²) < 4.78 is 0. The summed E-state index contributed by atoms with van der Waals surface area (Å²) in [5.74, 6) is 1.77. The Morgan fingerprint density at radius 3 is 3.07 bits per heavy atom. The van der Waals surface area contributed by atoms with Crippen LogP contribution in [0.5, 0.6) is 0 Å². The number of hydrogen-bond donors (Lipinski definition) is 2. The Morgan fingerprint density at radius 2 is 2.40 bits per heavy atom. The number of hydrogen-bond acceptors (Lipinski definition) is 5. The maximum atomic E-state index is 9.32. The van der Waals surface area contributed by atoms with Gasteiger partial charge in [-0.1, -0.05) is 6.92 Å². The molecule has 5 nitrogen and oxygen atoms in total. The smallest absolute Gasteiger partial charge is 0.134 e. The first-order valence-corrected chi connectivity index (χ1v) is 5.17. The molecule has 2 rings (SSSR count). The lowest BCUT2D eigenvalue weighted by atomic mass is 10.0. The highest BCUT2D eigenvalue weighted by Crippen LogP contribution is 2.28. The molecule has 1 fully saturated rings. The topological polar surface area (TPSA) is 75.3 Å². The van der Waals surface area contributed by atoms with Crippen LogP contribution in [0.15, 0.2) is 12.4 Å². The van der Waals surface area contributed by atoms with Crippen molar-refractivity contribution in [1.29, 1.82) is 0 Å². The van der Waals surface area contributed by atoms with Crippen LogP contribution in [-0.2, 0) is 0 Å². The number of aromatic nitrogens is 2.